The van der Waals surface area contributed by atoms with E-state index in [-0.39, 0.29) is 24.8 Å². The van der Waals surface area contributed by atoms with Crippen molar-refractivity contribution in [2.45, 2.75) is 6.42 Å². The van der Waals surface area contributed by atoms with E-state index in [4.69, 9.17) is 4.74 Å². The Hall–Kier alpha value is -2.65. The lowest BCUT2D eigenvalue weighted by atomic mass is 10.2. The molecule has 0 bridgehead atoms. The molecular formula is C18H25N5O4. The molecule has 2 aliphatic rings. The topological polar surface area (TPSA) is 103 Å². The second kappa shape index (κ2) is 9.33. The van der Waals surface area contributed by atoms with Crippen molar-refractivity contribution in [3.8, 4) is 5.75 Å². The van der Waals surface area contributed by atoms with Gasteiger partial charge in [-0.1, -0.05) is 6.07 Å². The van der Waals surface area contributed by atoms with Gasteiger partial charge in [0.05, 0.1) is 0 Å². The Kier molecular flexibility index (Phi) is 6.61. The van der Waals surface area contributed by atoms with Gasteiger partial charge in [-0.15, -0.1) is 0 Å². The van der Waals surface area contributed by atoms with Crippen molar-refractivity contribution in [1.82, 2.24) is 20.9 Å². The van der Waals surface area contributed by atoms with Gasteiger partial charge in [0.1, 0.15) is 5.75 Å². The minimum atomic E-state index is -0.450. The lowest BCUT2D eigenvalue weighted by Crippen LogP contribution is -2.49. The van der Waals surface area contributed by atoms with E-state index in [1.807, 2.05) is 0 Å². The van der Waals surface area contributed by atoms with Crippen LogP contribution in [-0.2, 0) is 9.59 Å². The first-order valence-electron chi connectivity index (χ1n) is 9.16. The van der Waals surface area contributed by atoms with Crippen LogP contribution in [-0.4, -0.2) is 75.2 Å². The molecule has 27 heavy (non-hydrogen) atoms. The van der Waals surface area contributed by atoms with Crippen LogP contribution in [0.1, 0.15) is 6.42 Å². The van der Waals surface area contributed by atoms with Gasteiger partial charge in [0.15, 0.2) is 6.61 Å². The van der Waals surface area contributed by atoms with Crippen LogP contribution in [0.3, 0.4) is 0 Å². The Morgan fingerprint density at radius 2 is 2.00 bits per heavy atom. The fourth-order valence-corrected chi connectivity index (χ4v) is 3.04. The maximum absolute atomic E-state index is 12.0. The summed E-state index contributed by atoms with van der Waals surface area (Å²) in [4.78, 5) is 38.9. The molecule has 0 aromatic heterocycles. The van der Waals surface area contributed by atoms with E-state index in [1.54, 1.807) is 24.3 Å². The molecular weight excluding hydrogens is 350 g/mol. The number of nitrogens with zero attached hydrogens (tertiary/aromatic N) is 2. The van der Waals surface area contributed by atoms with Gasteiger partial charge in [0, 0.05) is 64.0 Å². The van der Waals surface area contributed by atoms with Crippen molar-refractivity contribution in [2.75, 3.05) is 57.3 Å². The van der Waals surface area contributed by atoms with Crippen molar-refractivity contribution < 1.29 is 19.1 Å². The fraction of sp³-hybridized carbons (Fsp3) is 0.500. The van der Waals surface area contributed by atoms with Crippen molar-refractivity contribution in [2.24, 2.45) is 0 Å². The van der Waals surface area contributed by atoms with Crippen LogP contribution in [0, 0.1) is 0 Å². The molecule has 2 aliphatic heterocycles. The van der Waals surface area contributed by atoms with Crippen LogP contribution in [0.25, 0.3) is 0 Å². The normalized spacial score (nSPS) is 18.1. The smallest absolute Gasteiger partial charge is 0.328 e. The number of nitrogens with one attached hydrogen (secondary N) is 3. The predicted octanol–water partition coefficient (Wildman–Crippen LogP) is -0.467. The van der Waals surface area contributed by atoms with Gasteiger partial charge in [-0.05, 0) is 12.1 Å². The first-order valence-corrected chi connectivity index (χ1v) is 9.16. The molecule has 9 nitrogen and oxygen atoms in total. The molecule has 0 aliphatic carbocycles. The SMILES string of the molecule is O=C(COc1cccc(N2CCC(=O)NC2=O)c1)NCCN1CCNCC1. The van der Waals surface area contributed by atoms with E-state index in [9.17, 15) is 14.4 Å². The highest BCUT2D eigenvalue weighted by Gasteiger charge is 2.24. The summed E-state index contributed by atoms with van der Waals surface area (Å²) in [5, 5.41) is 8.43. The quantitative estimate of drug-likeness (QED) is 0.596. The van der Waals surface area contributed by atoms with Crippen LogP contribution >= 0.6 is 0 Å². The molecule has 1 aromatic carbocycles. The van der Waals surface area contributed by atoms with Crippen molar-refractivity contribution >= 4 is 23.5 Å². The first-order chi connectivity index (χ1) is 13.1. The molecule has 0 saturated carbocycles. The molecule has 146 valence electrons. The van der Waals surface area contributed by atoms with Crippen molar-refractivity contribution in [3.63, 3.8) is 0 Å². The number of rotatable bonds is 7. The molecule has 1 aromatic rings. The van der Waals surface area contributed by atoms with Gasteiger partial charge in [-0.2, -0.15) is 0 Å². The molecule has 3 rings (SSSR count). The van der Waals surface area contributed by atoms with Crippen LogP contribution in [0.4, 0.5) is 10.5 Å². The molecule has 4 amide bonds. The third-order valence-corrected chi connectivity index (χ3v) is 4.51. The molecule has 0 spiro atoms. The zero-order valence-electron chi connectivity index (χ0n) is 15.2. The second-order valence-corrected chi connectivity index (χ2v) is 6.48. The number of piperazine rings is 1. The Morgan fingerprint density at radius 1 is 1.19 bits per heavy atom. The molecule has 0 radical (unpaired) electrons. The minimum Gasteiger partial charge on any atom is -0.484 e. The molecule has 2 fully saturated rings. The summed E-state index contributed by atoms with van der Waals surface area (Å²) in [7, 11) is 0. The number of amides is 4. The Morgan fingerprint density at radius 3 is 2.78 bits per heavy atom. The maximum Gasteiger partial charge on any atom is 0.328 e. The largest absolute Gasteiger partial charge is 0.484 e. The average Bonchev–Trinajstić information content (AvgIpc) is 2.67. The number of urea groups is 1. The molecule has 0 atom stereocenters. The fourth-order valence-electron chi connectivity index (χ4n) is 3.04. The molecule has 2 heterocycles. The standard InChI is InChI=1S/C18H25N5O4/c24-16-4-8-23(18(26)21-16)14-2-1-3-15(12-14)27-13-17(25)20-7-11-22-9-5-19-6-10-22/h1-3,12,19H,4-11,13H2,(H,20,25)(H,21,24,26). The number of hydrogen-bond donors (Lipinski definition) is 3. The predicted molar refractivity (Wildman–Crippen MR) is 99.8 cm³/mol. The van der Waals surface area contributed by atoms with E-state index >= 15 is 0 Å². The van der Waals surface area contributed by atoms with E-state index in [2.05, 4.69) is 20.9 Å². The summed E-state index contributed by atoms with van der Waals surface area (Å²) in [6, 6.07) is 6.47. The van der Waals surface area contributed by atoms with Gasteiger partial charge < -0.3 is 15.4 Å². The zero-order chi connectivity index (χ0) is 19.1. The number of ether oxygens (including phenoxy) is 1. The van der Waals surface area contributed by atoms with Crippen LogP contribution in [0.5, 0.6) is 5.75 Å². The number of benzene rings is 1. The van der Waals surface area contributed by atoms with Gasteiger partial charge in [-0.25, -0.2) is 4.79 Å². The summed E-state index contributed by atoms with van der Waals surface area (Å²) in [5.41, 5.74) is 0.622. The number of hydrogen-bond acceptors (Lipinski definition) is 6. The Bertz CT molecular complexity index is 690. The average molecular weight is 375 g/mol. The summed E-state index contributed by atoms with van der Waals surface area (Å²) >= 11 is 0. The Labute approximate surface area is 158 Å². The number of imide groups is 1. The third-order valence-electron chi connectivity index (χ3n) is 4.51. The number of carbonyl (C=O) groups excluding carboxylic acids is 3. The second-order valence-electron chi connectivity index (χ2n) is 6.48. The third kappa shape index (κ3) is 5.66. The Balaban J connectivity index is 1.43. The summed E-state index contributed by atoms with van der Waals surface area (Å²) in [6.07, 6.45) is 0.256. The van der Waals surface area contributed by atoms with Gasteiger partial charge in [0.2, 0.25) is 5.91 Å². The van der Waals surface area contributed by atoms with Gasteiger partial charge in [0.25, 0.3) is 5.91 Å². The summed E-state index contributed by atoms with van der Waals surface area (Å²) in [6.45, 7) is 5.60. The minimum absolute atomic E-state index is 0.0876. The highest BCUT2D eigenvalue weighted by atomic mass is 16.5. The number of carbonyl (C=O) groups is 3. The van der Waals surface area contributed by atoms with Crippen molar-refractivity contribution in [1.29, 1.82) is 0 Å². The van der Waals surface area contributed by atoms with E-state index in [0.29, 0.717) is 24.5 Å². The molecule has 2 saturated heterocycles. The van der Waals surface area contributed by atoms with Crippen LogP contribution < -0.4 is 25.6 Å². The number of anilines is 1. The summed E-state index contributed by atoms with van der Waals surface area (Å²) < 4.78 is 5.54. The highest BCUT2D eigenvalue weighted by molar-refractivity contribution is 6.05. The molecule has 9 heteroatoms. The van der Waals surface area contributed by atoms with Crippen molar-refractivity contribution in [3.05, 3.63) is 24.3 Å². The van der Waals surface area contributed by atoms with Crippen LogP contribution in [0.15, 0.2) is 24.3 Å². The highest BCUT2D eigenvalue weighted by Crippen LogP contribution is 2.22. The van der Waals surface area contributed by atoms with Gasteiger partial charge >= 0.3 is 6.03 Å². The monoisotopic (exact) mass is 375 g/mol. The summed E-state index contributed by atoms with van der Waals surface area (Å²) in [5.74, 6) is 0.0347. The molecule has 0 unspecified atom stereocenters. The lowest BCUT2D eigenvalue weighted by Gasteiger charge is -2.27. The maximum atomic E-state index is 12.0. The van der Waals surface area contributed by atoms with E-state index in [1.165, 1.54) is 4.90 Å². The zero-order valence-corrected chi connectivity index (χ0v) is 15.2. The lowest BCUT2D eigenvalue weighted by molar-refractivity contribution is -0.123. The van der Waals surface area contributed by atoms with E-state index in [0.717, 1.165) is 32.7 Å². The van der Waals surface area contributed by atoms with Gasteiger partial charge in [-0.3, -0.25) is 24.7 Å². The van der Waals surface area contributed by atoms with E-state index < -0.39 is 6.03 Å². The van der Waals surface area contributed by atoms with Crippen LogP contribution in [0.2, 0.25) is 0 Å². The first kappa shape index (κ1) is 19.1. The molecule has 3 N–H and O–H groups in total.